The van der Waals surface area contributed by atoms with Gasteiger partial charge in [0.05, 0.1) is 16.7 Å². The summed E-state index contributed by atoms with van der Waals surface area (Å²) in [6.45, 7) is 0. The fraction of sp³-hybridized carbons (Fsp3) is 0. The van der Waals surface area contributed by atoms with Crippen LogP contribution in [0.15, 0.2) is 215 Å². The van der Waals surface area contributed by atoms with Gasteiger partial charge in [0.1, 0.15) is 22.3 Å². The number of hydrogen-bond donors (Lipinski definition) is 0. The maximum absolute atomic E-state index is 6.63. The first-order valence-electron chi connectivity index (χ1n) is 19.7. The molecule has 58 heavy (non-hydrogen) atoms. The van der Waals surface area contributed by atoms with Crippen molar-refractivity contribution in [1.82, 2.24) is 4.57 Å². The lowest BCUT2D eigenvalue weighted by Crippen LogP contribution is -2.11. The molecule has 12 rings (SSSR count). The van der Waals surface area contributed by atoms with Crippen molar-refractivity contribution in [2.24, 2.45) is 0 Å². The van der Waals surface area contributed by atoms with Gasteiger partial charge in [-0.1, -0.05) is 146 Å². The molecule has 0 amide bonds. The molecule has 0 aliphatic heterocycles. The summed E-state index contributed by atoms with van der Waals surface area (Å²) in [5.74, 6) is 0. The zero-order chi connectivity index (χ0) is 38.2. The fourth-order valence-corrected chi connectivity index (χ4v) is 9.00. The summed E-state index contributed by atoms with van der Waals surface area (Å²) in [7, 11) is 0. The molecular formula is C54H34N2O2. The Morgan fingerprint density at radius 3 is 1.62 bits per heavy atom. The lowest BCUT2D eigenvalue weighted by Gasteiger charge is -2.28. The highest BCUT2D eigenvalue weighted by molar-refractivity contribution is 6.13. The van der Waals surface area contributed by atoms with Gasteiger partial charge in [-0.25, -0.2) is 0 Å². The van der Waals surface area contributed by atoms with Crippen molar-refractivity contribution >= 4 is 82.7 Å². The number of aromatic nitrogens is 1. The second-order valence-electron chi connectivity index (χ2n) is 14.8. The van der Waals surface area contributed by atoms with Crippen molar-refractivity contribution in [2.45, 2.75) is 0 Å². The van der Waals surface area contributed by atoms with E-state index < -0.39 is 0 Å². The van der Waals surface area contributed by atoms with E-state index in [-0.39, 0.29) is 0 Å². The normalized spacial score (nSPS) is 11.8. The van der Waals surface area contributed by atoms with Gasteiger partial charge in [0.15, 0.2) is 0 Å². The second-order valence-corrected chi connectivity index (χ2v) is 14.8. The van der Waals surface area contributed by atoms with Gasteiger partial charge in [-0.15, -0.1) is 0 Å². The number of rotatable bonds is 6. The molecule has 0 aliphatic rings. The average Bonchev–Trinajstić information content (AvgIpc) is 3.97. The Hall–Kier alpha value is -7.82. The molecular weight excluding hydrogens is 709 g/mol. The van der Waals surface area contributed by atoms with Crippen molar-refractivity contribution in [3.05, 3.63) is 206 Å². The Kier molecular flexibility index (Phi) is 7.20. The first-order valence-corrected chi connectivity index (χ1v) is 19.7. The number of benzene rings is 9. The molecule has 3 aromatic heterocycles. The largest absolute Gasteiger partial charge is 0.455 e. The molecule has 0 atom stereocenters. The molecule has 0 fully saturated rings. The Morgan fingerprint density at radius 2 is 0.879 bits per heavy atom. The summed E-state index contributed by atoms with van der Waals surface area (Å²) < 4.78 is 15.5. The van der Waals surface area contributed by atoms with Gasteiger partial charge in [0.2, 0.25) is 0 Å². The van der Waals surface area contributed by atoms with Crippen LogP contribution in [-0.2, 0) is 0 Å². The topological polar surface area (TPSA) is 34.5 Å². The van der Waals surface area contributed by atoms with Crippen LogP contribution < -0.4 is 4.90 Å². The van der Waals surface area contributed by atoms with E-state index in [2.05, 4.69) is 191 Å². The molecule has 9 aromatic carbocycles. The summed E-state index contributed by atoms with van der Waals surface area (Å²) in [6, 6.07) is 73.2. The Bertz CT molecular complexity index is 3520. The summed E-state index contributed by atoms with van der Waals surface area (Å²) >= 11 is 0. The fourth-order valence-electron chi connectivity index (χ4n) is 9.00. The van der Waals surface area contributed by atoms with E-state index in [9.17, 15) is 0 Å². The van der Waals surface area contributed by atoms with Crippen LogP contribution in [0.25, 0.3) is 93.6 Å². The monoisotopic (exact) mass is 742 g/mol. The molecule has 0 radical (unpaired) electrons. The van der Waals surface area contributed by atoms with Crippen LogP contribution >= 0.6 is 0 Å². The average molecular weight is 743 g/mol. The summed E-state index contributed by atoms with van der Waals surface area (Å²) in [4.78, 5) is 2.38. The standard InChI is InChI=1S/C54H34N2O2/c1-2-14-36(15-3-1)56-49-25-9-4-16-40(49)42-33-32-38(34-50(42)56)55(37-30-28-35(29-31-37)39-20-12-22-46-43-18-6-10-26-51(43)57-53(39)46)48-24-8-5-17-41(48)45-21-13-23-47-44-19-7-11-27-52(44)58-54(45)47/h1-34H. The minimum Gasteiger partial charge on any atom is -0.455 e. The Morgan fingerprint density at radius 1 is 0.345 bits per heavy atom. The van der Waals surface area contributed by atoms with Crippen molar-refractivity contribution in [3.8, 4) is 27.9 Å². The van der Waals surface area contributed by atoms with Crippen LogP contribution in [0.2, 0.25) is 0 Å². The molecule has 4 heteroatoms. The SMILES string of the molecule is c1ccc(-n2c3ccccc3c3ccc(N(c4ccc(-c5cccc6c5oc5ccccc56)cc4)c4ccccc4-c4cccc5c4oc4ccccc45)cc32)cc1. The van der Waals surface area contributed by atoms with E-state index in [1.54, 1.807) is 0 Å². The van der Waals surface area contributed by atoms with Crippen LogP contribution in [0.4, 0.5) is 17.1 Å². The van der Waals surface area contributed by atoms with E-state index in [1.165, 1.54) is 16.3 Å². The van der Waals surface area contributed by atoms with Crippen molar-refractivity contribution in [1.29, 1.82) is 0 Å². The molecule has 3 heterocycles. The number of nitrogens with zero attached hydrogens (tertiary/aromatic N) is 2. The number of fused-ring (bicyclic) bond motifs is 9. The number of para-hydroxylation sites is 7. The van der Waals surface area contributed by atoms with Gasteiger partial charge in [-0.2, -0.15) is 0 Å². The smallest absolute Gasteiger partial charge is 0.143 e. The molecule has 0 N–H and O–H groups in total. The van der Waals surface area contributed by atoms with Crippen LogP contribution in [0, 0.1) is 0 Å². The molecule has 0 saturated heterocycles. The minimum atomic E-state index is 0.880. The maximum Gasteiger partial charge on any atom is 0.143 e. The zero-order valence-corrected chi connectivity index (χ0v) is 31.3. The van der Waals surface area contributed by atoms with E-state index in [0.717, 1.165) is 94.4 Å². The highest BCUT2D eigenvalue weighted by Gasteiger charge is 2.22. The van der Waals surface area contributed by atoms with Crippen molar-refractivity contribution < 1.29 is 8.83 Å². The van der Waals surface area contributed by atoms with Gasteiger partial charge >= 0.3 is 0 Å². The van der Waals surface area contributed by atoms with Gasteiger partial charge in [-0.3, -0.25) is 0 Å². The van der Waals surface area contributed by atoms with E-state index in [1.807, 2.05) is 24.3 Å². The van der Waals surface area contributed by atoms with Crippen LogP contribution in [0.1, 0.15) is 0 Å². The third kappa shape index (κ3) is 4.95. The zero-order valence-electron chi connectivity index (χ0n) is 31.3. The van der Waals surface area contributed by atoms with Crippen LogP contribution in [0.3, 0.4) is 0 Å². The third-order valence-corrected chi connectivity index (χ3v) is 11.6. The predicted octanol–water partition coefficient (Wildman–Crippen LogP) is 15.4. The Labute approximate surface area is 334 Å². The molecule has 272 valence electrons. The summed E-state index contributed by atoms with van der Waals surface area (Å²) in [5, 5.41) is 6.89. The van der Waals surface area contributed by atoms with Crippen molar-refractivity contribution in [3.63, 3.8) is 0 Å². The van der Waals surface area contributed by atoms with Gasteiger partial charge in [0, 0.05) is 66.1 Å². The molecule has 4 nitrogen and oxygen atoms in total. The first kappa shape index (κ1) is 32.4. The third-order valence-electron chi connectivity index (χ3n) is 11.6. The molecule has 12 aromatic rings. The number of hydrogen-bond acceptors (Lipinski definition) is 3. The van der Waals surface area contributed by atoms with Gasteiger partial charge in [0.25, 0.3) is 0 Å². The quantitative estimate of drug-likeness (QED) is 0.170. The predicted molar refractivity (Wildman–Crippen MR) is 241 cm³/mol. The first-order chi connectivity index (χ1) is 28.8. The Balaban J connectivity index is 1.09. The number of furan rings is 2. The van der Waals surface area contributed by atoms with Crippen molar-refractivity contribution in [2.75, 3.05) is 4.90 Å². The highest BCUT2D eigenvalue weighted by Crippen LogP contribution is 2.46. The lowest BCUT2D eigenvalue weighted by atomic mass is 9.98. The molecule has 0 unspecified atom stereocenters. The van der Waals surface area contributed by atoms with E-state index in [0.29, 0.717) is 0 Å². The lowest BCUT2D eigenvalue weighted by molar-refractivity contribution is 0.669. The molecule has 0 spiro atoms. The van der Waals surface area contributed by atoms with Crippen LogP contribution in [0.5, 0.6) is 0 Å². The van der Waals surface area contributed by atoms with Gasteiger partial charge in [-0.05, 0) is 66.2 Å². The van der Waals surface area contributed by atoms with E-state index >= 15 is 0 Å². The summed E-state index contributed by atoms with van der Waals surface area (Å²) in [6.07, 6.45) is 0. The van der Waals surface area contributed by atoms with E-state index in [4.69, 9.17) is 8.83 Å². The van der Waals surface area contributed by atoms with Crippen LogP contribution in [-0.4, -0.2) is 4.57 Å². The second kappa shape index (κ2) is 12.9. The maximum atomic E-state index is 6.63. The van der Waals surface area contributed by atoms with Gasteiger partial charge < -0.3 is 18.3 Å². The molecule has 0 aliphatic carbocycles. The molecule has 0 saturated carbocycles. The molecule has 0 bridgehead atoms. The number of anilines is 3. The summed E-state index contributed by atoms with van der Waals surface area (Å²) in [5.41, 5.74) is 14.4. The minimum absolute atomic E-state index is 0.880. The highest BCUT2D eigenvalue weighted by atomic mass is 16.3.